The highest BCUT2D eigenvalue weighted by atomic mass is 127. The van der Waals surface area contributed by atoms with E-state index < -0.39 is 0 Å². The summed E-state index contributed by atoms with van der Waals surface area (Å²) in [6, 6.07) is 0. The minimum Gasteiger partial charge on any atom is -0.381 e. The average molecular weight is 484 g/mol. The zero-order valence-corrected chi connectivity index (χ0v) is 19.7. The van der Waals surface area contributed by atoms with Crippen LogP contribution in [0, 0.1) is 11.3 Å². The van der Waals surface area contributed by atoms with Crippen LogP contribution in [-0.2, 0) is 4.74 Å². The molecule has 0 aromatic heterocycles. The van der Waals surface area contributed by atoms with Crippen LogP contribution in [0.2, 0.25) is 0 Å². The lowest BCUT2D eigenvalue weighted by Gasteiger charge is -2.36. The number of aliphatic imine (C=N–C) groups is 1. The van der Waals surface area contributed by atoms with E-state index in [2.05, 4.69) is 35.7 Å². The van der Waals surface area contributed by atoms with E-state index >= 15 is 0 Å². The van der Waals surface area contributed by atoms with Crippen LogP contribution in [0.25, 0.3) is 0 Å². The molecular weight excluding hydrogens is 445 g/mol. The molecule has 2 aliphatic rings. The minimum atomic E-state index is 0. The van der Waals surface area contributed by atoms with Crippen molar-refractivity contribution in [3.63, 3.8) is 0 Å². The van der Waals surface area contributed by atoms with Crippen molar-refractivity contribution in [3.05, 3.63) is 0 Å². The van der Waals surface area contributed by atoms with Gasteiger partial charge in [0.25, 0.3) is 0 Å². The maximum Gasteiger partial charge on any atom is 0.191 e. The summed E-state index contributed by atoms with van der Waals surface area (Å²) >= 11 is 1.97. The number of nitrogens with one attached hydrogen (secondary N) is 2. The van der Waals surface area contributed by atoms with Crippen LogP contribution in [0.3, 0.4) is 0 Å². The topological polar surface area (TPSA) is 45.7 Å². The Balaban J connectivity index is 0.00000312. The second kappa shape index (κ2) is 11.2. The lowest BCUT2D eigenvalue weighted by atomic mass is 9.78. The molecule has 6 heteroatoms. The first-order valence-electron chi connectivity index (χ1n) is 9.61. The molecule has 2 N–H and O–H groups in total. The van der Waals surface area contributed by atoms with E-state index in [1.807, 2.05) is 18.8 Å². The van der Waals surface area contributed by atoms with Gasteiger partial charge in [-0.15, -0.1) is 24.0 Å². The summed E-state index contributed by atoms with van der Waals surface area (Å²) in [6.07, 6.45) is 11.3. The van der Waals surface area contributed by atoms with E-state index in [4.69, 9.17) is 4.74 Å². The maximum absolute atomic E-state index is 5.54. The summed E-state index contributed by atoms with van der Waals surface area (Å²) in [6.45, 7) is 8.48. The molecule has 1 heterocycles. The van der Waals surface area contributed by atoms with Gasteiger partial charge in [0.05, 0.1) is 0 Å². The van der Waals surface area contributed by atoms with Gasteiger partial charge in [0, 0.05) is 38.1 Å². The third kappa shape index (κ3) is 7.09. The summed E-state index contributed by atoms with van der Waals surface area (Å²) in [7, 11) is 1.88. The van der Waals surface area contributed by atoms with E-state index in [-0.39, 0.29) is 24.0 Å². The van der Waals surface area contributed by atoms with Gasteiger partial charge < -0.3 is 15.4 Å². The van der Waals surface area contributed by atoms with E-state index in [1.165, 1.54) is 32.1 Å². The Labute approximate surface area is 176 Å². The zero-order chi connectivity index (χ0) is 17.5. The fraction of sp³-hybridized carbons (Fsp3) is 0.947. The molecule has 0 radical (unpaired) electrons. The highest BCUT2D eigenvalue weighted by Gasteiger charge is 2.35. The molecular formula is C19H38IN3OS. The third-order valence-electron chi connectivity index (χ3n) is 5.77. The second-order valence-corrected chi connectivity index (χ2v) is 9.36. The van der Waals surface area contributed by atoms with Crippen molar-refractivity contribution in [2.45, 2.75) is 63.5 Å². The Morgan fingerprint density at radius 1 is 1.08 bits per heavy atom. The van der Waals surface area contributed by atoms with Crippen LogP contribution < -0.4 is 10.6 Å². The number of halogens is 1. The van der Waals surface area contributed by atoms with E-state index in [1.54, 1.807) is 0 Å². The number of thioether (sulfide) groups is 1. The molecule has 0 bridgehead atoms. The van der Waals surface area contributed by atoms with Gasteiger partial charge in [0.15, 0.2) is 5.96 Å². The van der Waals surface area contributed by atoms with Gasteiger partial charge in [0.1, 0.15) is 0 Å². The van der Waals surface area contributed by atoms with Gasteiger partial charge in [-0.25, -0.2) is 0 Å². The summed E-state index contributed by atoms with van der Waals surface area (Å²) in [5.41, 5.74) is 0.474. The standard InChI is InChI=1S/C19H37N3OS.HI/c1-16(2)13-18(7-5-6-8-18)14-21-17(20-3)22-15-19(24-4)9-11-23-12-10-19;/h16H,5-15H2,1-4H3,(H2,20,21,22);1H. The fourth-order valence-electron chi connectivity index (χ4n) is 4.38. The molecule has 2 rings (SSSR count). The molecule has 25 heavy (non-hydrogen) atoms. The van der Waals surface area contributed by atoms with Crippen LogP contribution in [0.15, 0.2) is 4.99 Å². The molecule has 1 saturated carbocycles. The van der Waals surface area contributed by atoms with Gasteiger partial charge >= 0.3 is 0 Å². The van der Waals surface area contributed by atoms with Crippen molar-refractivity contribution in [1.29, 1.82) is 0 Å². The van der Waals surface area contributed by atoms with Crippen LogP contribution in [-0.4, -0.2) is 50.3 Å². The normalized spacial score (nSPS) is 22.5. The Hall–Kier alpha value is 0.310. The molecule has 1 aliphatic carbocycles. The van der Waals surface area contributed by atoms with Crippen molar-refractivity contribution in [2.75, 3.05) is 39.6 Å². The SMILES string of the molecule is CN=C(NCC1(CC(C)C)CCCC1)NCC1(SC)CCOCC1.I. The van der Waals surface area contributed by atoms with Crippen LogP contribution in [0.5, 0.6) is 0 Å². The fourth-order valence-corrected chi connectivity index (χ4v) is 5.17. The zero-order valence-electron chi connectivity index (χ0n) is 16.5. The minimum absolute atomic E-state index is 0. The molecule has 0 unspecified atom stereocenters. The molecule has 2 fully saturated rings. The number of ether oxygens (including phenoxy) is 1. The number of guanidine groups is 1. The Morgan fingerprint density at radius 3 is 2.20 bits per heavy atom. The largest absolute Gasteiger partial charge is 0.381 e. The molecule has 0 atom stereocenters. The quantitative estimate of drug-likeness (QED) is 0.322. The molecule has 0 aromatic rings. The predicted molar refractivity (Wildman–Crippen MR) is 121 cm³/mol. The molecule has 1 saturated heterocycles. The number of rotatable bonds is 7. The summed E-state index contributed by atoms with van der Waals surface area (Å²) in [4.78, 5) is 4.46. The van der Waals surface area contributed by atoms with Gasteiger partial charge in [0.2, 0.25) is 0 Å². The molecule has 0 amide bonds. The van der Waals surface area contributed by atoms with Crippen molar-refractivity contribution in [1.82, 2.24) is 10.6 Å². The molecule has 0 spiro atoms. The lowest BCUT2D eigenvalue weighted by Crippen LogP contribution is -2.49. The first-order valence-corrected chi connectivity index (χ1v) is 10.8. The third-order valence-corrected chi connectivity index (χ3v) is 7.19. The predicted octanol–water partition coefficient (Wildman–Crippen LogP) is 4.29. The van der Waals surface area contributed by atoms with Gasteiger partial charge in [-0.2, -0.15) is 11.8 Å². The Morgan fingerprint density at radius 2 is 1.68 bits per heavy atom. The van der Waals surface area contributed by atoms with E-state index in [9.17, 15) is 0 Å². The van der Waals surface area contributed by atoms with Gasteiger partial charge in [-0.05, 0) is 49.7 Å². The maximum atomic E-state index is 5.54. The summed E-state index contributed by atoms with van der Waals surface area (Å²) < 4.78 is 5.83. The molecule has 148 valence electrons. The van der Waals surface area contributed by atoms with Crippen LogP contribution in [0.4, 0.5) is 0 Å². The van der Waals surface area contributed by atoms with Crippen LogP contribution >= 0.6 is 35.7 Å². The first kappa shape index (κ1) is 23.3. The van der Waals surface area contributed by atoms with E-state index in [0.29, 0.717) is 10.2 Å². The van der Waals surface area contributed by atoms with Crippen molar-refractivity contribution < 1.29 is 4.74 Å². The second-order valence-electron chi connectivity index (χ2n) is 8.08. The van der Waals surface area contributed by atoms with Crippen molar-refractivity contribution in [2.24, 2.45) is 16.3 Å². The number of hydrogen-bond acceptors (Lipinski definition) is 3. The molecule has 0 aromatic carbocycles. The highest BCUT2D eigenvalue weighted by molar-refractivity contribution is 14.0. The molecule has 1 aliphatic heterocycles. The average Bonchev–Trinajstić information content (AvgIpc) is 3.03. The first-order chi connectivity index (χ1) is 11.5. The van der Waals surface area contributed by atoms with Gasteiger partial charge in [-0.1, -0.05) is 26.7 Å². The molecule has 4 nitrogen and oxygen atoms in total. The summed E-state index contributed by atoms with van der Waals surface area (Å²) in [5, 5.41) is 7.22. The summed E-state index contributed by atoms with van der Waals surface area (Å²) in [5.74, 6) is 1.73. The van der Waals surface area contributed by atoms with Crippen LogP contribution in [0.1, 0.15) is 58.8 Å². The smallest absolute Gasteiger partial charge is 0.191 e. The number of hydrogen-bond donors (Lipinski definition) is 2. The highest BCUT2D eigenvalue weighted by Crippen LogP contribution is 2.42. The Bertz CT molecular complexity index is 405. The Kier molecular flexibility index (Phi) is 10.5. The van der Waals surface area contributed by atoms with E-state index in [0.717, 1.165) is 51.0 Å². The monoisotopic (exact) mass is 483 g/mol. The van der Waals surface area contributed by atoms with Gasteiger partial charge in [-0.3, -0.25) is 4.99 Å². The van der Waals surface area contributed by atoms with Crippen molar-refractivity contribution >= 4 is 41.7 Å². The van der Waals surface area contributed by atoms with Crippen molar-refractivity contribution in [3.8, 4) is 0 Å². The number of nitrogens with zero attached hydrogens (tertiary/aromatic N) is 1. The lowest BCUT2D eigenvalue weighted by molar-refractivity contribution is 0.0782.